The number of carbonyl (C=O) groups excluding carboxylic acids is 2. The molecule has 6 heteroatoms. The molecular weight excluding hydrogens is 342 g/mol. The van der Waals surface area contributed by atoms with Crippen molar-refractivity contribution in [2.45, 2.75) is 19.8 Å². The number of ether oxygens (including phenoxy) is 1. The van der Waals surface area contributed by atoms with E-state index >= 15 is 0 Å². The zero-order chi connectivity index (χ0) is 19.5. The summed E-state index contributed by atoms with van der Waals surface area (Å²) in [6, 6.07) is 18.1. The first-order valence-electron chi connectivity index (χ1n) is 8.93. The normalized spacial score (nSPS) is 10.6. The summed E-state index contributed by atoms with van der Waals surface area (Å²) in [5.41, 5.74) is 3.27. The number of likely N-dealkylation sites (N-methyl/N-ethyl adjacent to an activating group) is 2. The van der Waals surface area contributed by atoms with Crippen LogP contribution >= 0.6 is 0 Å². The zero-order valence-corrected chi connectivity index (χ0v) is 15.9. The van der Waals surface area contributed by atoms with Crippen molar-refractivity contribution in [2.75, 3.05) is 27.2 Å². The van der Waals surface area contributed by atoms with Crippen molar-refractivity contribution in [3.63, 3.8) is 0 Å². The third-order valence-corrected chi connectivity index (χ3v) is 4.10. The Labute approximate surface area is 160 Å². The zero-order valence-electron chi connectivity index (χ0n) is 15.9. The standard InChI is InChI=1S/C21H27N3O3/c1-22-20(25)13-24(14-21(26)23-2)12-17-8-10-19(11-9-17)16-27-15-18-6-4-3-5-7-18/h3-11H,12-16H2,1-2H3,(H,22,25)(H,23,26). The minimum atomic E-state index is -0.121. The Hall–Kier alpha value is -2.70. The van der Waals surface area contributed by atoms with Gasteiger partial charge in [-0.15, -0.1) is 0 Å². The number of carbonyl (C=O) groups is 2. The van der Waals surface area contributed by atoms with Gasteiger partial charge in [0, 0.05) is 20.6 Å². The van der Waals surface area contributed by atoms with Crippen molar-refractivity contribution in [2.24, 2.45) is 0 Å². The van der Waals surface area contributed by atoms with Gasteiger partial charge >= 0.3 is 0 Å². The molecule has 0 spiro atoms. The summed E-state index contributed by atoms with van der Waals surface area (Å²) in [7, 11) is 3.18. The third kappa shape index (κ3) is 7.60. The minimum absolute atomic E-state index is 0.121. The number of hydrogen-bond donors (Lipinski definition) is 2. The molecule has 2 aromatic rings. The Balaban J connectivity index is 1.87. The van der Waals surface area contributed by atoms with Crippen LogP contribution in [0.3, 0.4) is 0 Å². The van der Waals surface area contributed by atoms with E-state index in [9.17, 15) is 9.59 Å². The first-order valence-corrected chi connectivity index (χ1v) is 8.93. The van der Waals surface area contributed by atoms with Crippen molar-refractivity contribution in [1.82, 2.24) is 15.5 Å². The molecule has 0 aliphatic rings. The summed E-state index contributed by atoms with van der Waals surface area (Å²) in [6.45, 7) is 1.98. The van der Waals surface area contributed by atoms with E-state index in [1.807, 2.05) is 54.6 Å². The lowest BCUT2D eigenvalue weighted by atomic mass is 10.1. The molecule has 0 fully saturated rings. The summed E-state index contributed by atoms with van der Waals surface area (Å²) < 4.78 is 5.74. The molecule has 0 saturated carbocycles. The second-order valence-electron chi connectivity index (χ2n) is 6.29. The molecule has 0 bridgehead atoms. The van der Waals surface area contributed by atoms with Gasteiger partial charge in [0.15, 0.2) is 0 Å². The van der Waals surface area contributed by atoms with E-state index in [0.29, 0.717) is 19.8 Å². The Morgan fingerprint density at radius 3 is 1.78 bits per heavy atom. The van der Waals surface area contributed by atoms with E-state index in [2.05, 4.69) is 10.6 Å². The number of hydrogen-bond acceptors (Lipinski definition) is 4. The summed E-state index contributed by atoms with van der Waals surface area (Å²) in [6.07, 6.45) is 0. The second kappa shape index (κ2) is 11.1. The van der Waals surface area contributed by atoms with Gasteiger partial charge < -0.3 is 15.4 Å². The summed E-state index contributed by atoms with van der Waals surface area (Å²) >= 11 is 0. The number of rotatable bonds is 10. The van der Waals surface area contributed by atoms with Crippen LogP contribution in [0, 0.1) is 0 Å². The van der Waals surface area contributed by atoms with E-state index in [-0.39, 0.29) is 24.9 Å². The van der Waals surface area contributed by atoms with Crippen LogP contribution in [0.4, 0.5) is 0 Å². The van der Waals surface area contributed by atoms with Gasteiger partial charge in [-0.1, -0.05) is 54.6 Å². The van der Waals surface area contributed by atoms with Gasteiger partial charge in [0.2, 0.25) is 11.8 Å². The lowest BCUT2D eigenvalue weighted by molar-refractivity contribution is -0.124. The Morgan fingerprint density at radius 2 is 1.26 bits per heavy atom. The largest absolute Gasteiger partial charge is 0.372 e. The van der Waals surface area contributed by atoms with Gasteiger partial charge in [-0.25, -0.2) is 0 Å². The van der Waals surface area contributed by atoms with Crippen LogP contribution in [0.2, 0.25) is 0 Å². The summed E-state index contributed by atoms with van der Waals surface area (Å²) in [5, 5.41) is 5.18. The van der Waals surface area contributed by atoms with Gasteiger partial charge in [0.25, 0.3) is 0 Å². The molecule has 0 heterocycles. The molecule has 144 valence electrons. The smallest absolute Gasteiger partial charge is 0.233 e. The topological polar surface area (TPSA) is 70.7 Å². The number of nitrogens with zero attached hydrogens (tertiary/aromatic N) is 1. The number of amides is 2. The molecule has 2 rings (SSSR count). The number of nitrogens with one attached hydrogen (secondary N) is 2. The highest BCUT2D eigenvalue weighted by Crippen LogP contribution is 2.10. The average Bonchev–Trinajstić information content (AvgIpc) is 2.69. The molecule has 2 amide bonds. The maximum Gasteiger partial charge on any atom is 0.233 e. The van der Waals surface area contributed by atoms with Gasteiger partial charge in [0.1, 0.15) is 0 Å². The quantitative estimate of drug-likeness (QED) is 0.669. The van der Waals surface area contributed by atoms with Crippen LogP contribution in [-0.4, -0.2) is 43.9 Å². The lowest BCUT2D eigenvalue weighted by Crippen LogP contribution is -2.41. The molecule has 27 heavy (non-hydrogen) atoms. The first kappa shape index (κ1) is 20.6. The molecule has 0 atom stereocenters. The first-order chi connectivity index (χ1) is 13.1. The van der Waals surface area contributed by atoms with Crippen molar-refractivity contribution in [3.8, 4) is 0 Å². The van der Waals surface area contributed by atoms with Crippen molar-refractivity contribution < 1.29 is 14.3 Å². The summed E-state index contributed by atoms with van der Waals surface area (Å²) in [4.78, 5) is 25.1. The predicted molar refractivity (Wildman–Crippen MR) is 105 cm³/mol. The fraction of sp³-hybridized carbons (Fsp3) is 0.333. The minimum Gasteiger partial charge on any atom is -0.372 e. The lowest BCUT2D eigenvalue weighted by Gasteiger charge is -2.20. The second-order valence-corrected chi connectivity index (χ2v) is 6.29. The summed E-state index contributed by atoms with van der Waals surface area (Å²) in [5.74, 6) is -0.241. The van der Waals surface area contributed by atoms with E-state index in [1.165, 1.54) is 0 Å². The maximum absolute atomic E-state index is 11.7. The van der Waals surface area contributed by atoms with E-state index in [1.54, 1.807) is 19.0 Å². The molecule has 0 saturated heterocycles. The van der Waals surface area contributed by atoms with Crippen LogP contribution in [0.5, 0.6) is 0 Å². The molecule has 0 unspecified atom stereocenters. The van der Waals surface area contributed by atoms with Crippen molar-refractivity contribution in [3.05, 3.63) is 71.3 Å². The Bertz CT molecular complexity index is 699. The molecule has 0 aliphatic carbocycles. The maximum atomic E-state index is 11.7. The fourth-order valence-corrected chi connectivity index (χ4v) is 2.59. The van der Waals surface area contributed by atoms with Crippen molar-refractivity contribution >= 4 is 11.8 Å². The third-order valence-electron chi connectivity index (χ3n) is 4.10. The van der Waals surface area contributed by atoms with Crippen LogP contribution in [0.25, 0.3) is 0 Å². The molecule has 2 aromatic carbocycles. The molecular formula is C21H27N3O3. The fourth-order valence-electron chi connectivity index (χ4n) is 2.59. The molecule has 6 nitrogen and oxygen atoms in total. The molecule has 0 radical (unpaired) electrons. The molecule has 0 aliphatic heterocycles. The van der Waals surface area contributed by atoms with Gasteiger partial charge in [0.05, 0.1) is 26.3 Å². The van der Waals surface area contributed by atoms with Crippen LogP contribution in [0.1, 0.15) is 16.7 Å². The Kier molecular flexibility index (Phi) is 8.48. The predicted octanol–water partition coefficient (Wildman–Crippen LogP) is 1.70. The highest BCUT2D eigenvalue weighted by molar-refractivity contribution is 5.80. The van der Waals surface area contributed by atoms with E-state index in [0.717, 1.165) is 16.7 Å². The molecule has 0 aromatic heterocycles. The average molecular weight is 369 g/mol. The van der Waals surface area contributed by atoms with Crippen LogP contribution < -0.4 is 10.6 Å². The highest BCUT2D eigenvalue weighted by atomic mass is 16.5. The van der Waals surface area contributed by atoms with Gasteiger partial charge in [-0.2, -0.15) is 0 Å². The Morgan fingerprint density at radius 1 is 0.778 bits per heavy atom. The van der Waals surface area contributed by atoms with Crippen LogP contribution in [-0.2, 0) is 34.1 Å². The van der Waals surface area contributed by atoms with Crippen molar-refractivity contribution in [1.29, 1.82) is 0 Å². The van der Waals surface area contributed by atoms with E-state index in [4.69, 9.17) is 4.74 Å². The van der Waals surface area contributed by atoms with Crippen LogP contribution in [0.15, 0.2) is 54.6 Å². The molecule has 2 N–H and O–H groups in total. The van der Waals surface area contributed by atoms with Gasteiger partial charge in [-0.3, -0.25) is 14.5 Å². The monoisotopic (exact) mass is 369 g/mol. The SMILES string of the molecule is CNC(=O)CN(CC(=O)NC)Cc1ccc(COCc2ccccc2)cc1. The van der Waals surface area contributed by atoms with E-state index < -0.39 is 0 Å². The highest BCUT2D eigenvalue weighted by Gasteiger charge is 2.13. The van der Waals surface area contributed by atoms with Gasteiger partial charge in [-0.05, 0) is 16.7 Å². The number of benzene rings is 2.